The molecule has 0 spiro atoms. The number of amides is 5. The number of carboxylic acid groups (broad SMARTS) is 2. The lowest BCUT2D eigenvalue weighted by atomic mass is 10.1. The first kappa shape index (κ1) is 31.5. The van der Waals surface area contributed by atoms with Crippen molar-refractivity contribution < 1.29 is 43.8 Å². The number of guanidine groups is 1. The smallest absolute Gasteiger partial charge is 0.326 e. The first-order valence-corrected chi connectivity index (χ1v) is 10.4. The molecule has 0 rings (SSSR count). The van der Waals surface area contributed by atoms with Crippen LogP contribution in [0.4, 0.5) is 0 Å². The molecule has 4 atom stereocenters. The van der Waals surface area contributed by atoms with Gasteiger partial charge >= 0.3 is 11.9 Å². The van der Waals surface area contributed by atoms with Gasteiger partial charge in [-0.05, 0) is 12.8 Å². The van der Waals surface area contributed by atoms with Gasteiger partial charge in [0.2, 0.25) is 29.5 Å². The molecule has 18 nitrogen and oxygen atoms in total. The first-order valence-electron chi connectivity index (χ1n) is 10.4. The molecule has 0 bridgehead atoms. The summed E-state index contributed by atoms with van der Waals surface area (Å²) in [6.07, 6.45) is -2.32. The summed E-state index contributed by atoms with van der Waals surface area (Å²) in [4.78, 5) is 86.0. The minimum Gasteiger partial charge on any atom is -0.481 e. The van der Waals surface area contributed by atoms with Crippen LogP contribution in [0, 0.1) is 0 Å². The van der Waals surface area contributed by atoms with E-state index in [1.807, 2.05) is 5.32 Å². The monoisotopic (exact) mass is 517 g/mol. The van der Waals surface area contributed by atoms with Crippen LogP contribution in [0.1, 0.15) is 32.1 Å². The summed E-state index contributed by atoms with van der Waals surface area (Å²) in [6, 6.07) is -6.46. The Kier molecular flexibility index (Phi) is 13.5. The van der Waals surface area contributed by atoms with Crippen molar-refractivity contribution in [1.82, 2.24) is 16.0 Å². The maximum absolute atomic E-state index is 12.7. The van der Waals surface area contributed by atoms with Crippen LogP contribution < -0.4 is 44.6 Å². The number of aliphatic carboxylic acids is 2. The van der Waals surface area contributed by atoms with Gasteiger partial charge in [-0.1, -0.05) is 0 Å². The van der Waals surface area contributed by atoms with E-state index in [4.69, 9.17) is 33.8 Å². The third kappa shape index (κ3) is 13.3. The predicted molar refractivity (Wildman–Crippen MR) is 121 cm³/mol. The van der Waals surface area contributed by atoms with E-state index in [-0.39, 0.29) is 25.3 Å². The molecule has 0 aliphatic carbocycles. The van der Waals surface area contributed by atoms with Crippen LogP contribution in [0.25, 0.3) is 0 Å². The lowest BCUT2D eigenvalue weighted by molar-refractivity contribution is -0.144. The lowest BCUT2D eigenvalue weighted by Crippen LogP contribution is -2.58. The van der Waals surface area contributed by atoms with E-state index < -0.39 is 84.9 Å². The molecule has 4 unspecified atom stereocenters. The summed E-state index contributed by atoms with van der Waals surface area (Å²) in [5.74, 6) is -8.60. The van der Waals surface area contributed by atoms with Crippen molar-refractivity contribution in [2.75, 3.05) is 6.54 Å². The zero-order chi connectivity index (χ0) is 28.0. The van der Waals surface area contributed by atoms with Gasteiger partial charge in [-0.2, -0.15) is 0 Å². The summed E-state index contributed by atoms with van der Waals surface area (Å²) < 4.78 is 0. The second-order valence-electron chi connectivity index (χ2n) is 7.52. The van der Waals surface area contributed by atoms with E-state index in [9.17, 15) is 38.7 Å². The average Bonchev–Trinajstić information content (AvgIpc) is 2.73. The van der Waals surface area contributed by atoms with Crippen LogP contribution in [0.2, 0.25) is 0 Å². The number of rotatable bonds is 17. The average molecular weight is 518 g/mol. The number of hydrogen-bond acceptors (Lipinski definition) is 9. The van der Waals surface area contributed by atoms with Gasteiger partial charge in [0.15, 0.2) is 5.96 Å². The Morgan fingerprint density at radius 3 is 1.61 bits per heavy atom. The van der Waals surface area contributed by atoms with Gasteiger partial charge in [-0.15, -0.1) is 0 Å². The number of nitrogens with zero attached hydrogens (tertiary/aromatic N) is 1. The van der Waals surface area contributed by atoms with Crippen molar-refractivity contribution in [3.05, 3.63) is 0 Å². The van der Waals surface area contributed by atoms with Gasteiger partial charge in [0, 0.05) is 6.54 Å². The Labute approximate surface area is 204 Å². The molecule has 5 amide bonds. The highest BCUT2D eigenvalue weighted by molar-refractivity contribution is 5.97. The third-order valence-corrected chi connectivity index (χ3v) is 4.37. The number of nitrogens with two attached hydrogens (primary N) is 5. The molecule has 0 heterocycles. The van der Waals surface area contributed by atoms with E-state index in [0.717, 1.165) is 0 Å². The van der Waals surface area contributed by atoms with Gasteiger partial charge in [-0.3, -0.25) is 33.8 Å². The molecule has 36 heavy (non-hydrogen) atoms. The highest BCUT2D eigenvalue weighted by atomic mass is 16.4. The van der Waals surface area contributed by atoms with Crippen molar-refractivity contribution in [3.8, 4) is 0 Å². The van der Waals surface area contributed by atoms with Crippen molar-refractivity contribution in [1.29, 1.82) is 0 Å². The maximum atomic E-state index is 12.7. The predicted octanol–water partition coefficient (Wildman–Crippen LogP) is -5.87. The summed E-state index contributed by atoms with van der Waals surface area (Å²) in [5.41, 5.74) is 25.8. The van der Waals surface area contributed by atoms with E-state index >= 15 is 0 Å². The molecule has 0 aliphatic rings. The number of aliphatic imine (C=N–C) groups is 1. The molecule has 15 N–H and O–H groups in total. The Hall–Kier alpha value is -4.48. The Morgan fingerprint density at radius 2 is 1.17 bits per heavy atom. The van der Waals surface area contributed by atoms with Crippen molar-refractivity contribution in [2.45, 2.75) is 56.3 Å². The molecule has 0 aromatic carbocycles. The fourth-order valence-corrected chi connectivity index (χ4v) is 2.69. The highest BCUT2D eigenvalue weighted by Crippen LogP contribution is 2.03. The second kappa shape index (κ2) is 15.4. The topological polar surface area (TPSA) is 338 Å². The molecule has 18 heteroatoms. The Morgan fingerprint density at radius 1 is 0.694 bits per heavy atom. The van der Waals surface area contributed by atoms with Crippen LogP contribution in [-0.2, 0) is 33.6 Å². The van der Waals surface area contributed by atoms with E-state index in [1.54, 1.807) is 0 Å². The number of hydrogen-bond donors (Lipinski definition) is 10. The summed E-state index contributed by atoms with van der Waals surface area (Å²) >= 11 is 0. The fourth-order valence-electron chi connectivity index (χ4n) is 2.69. The van der Waals surface area contributed by atoms with E-state index in [2.05, 4.69) is 15.6 Å². The maximum Gasteiger partial charge on any atom is 0.326 e. The number of primary amides is 2. The summed E-state index contributed by atoms with van der Waals surface area (Å²) in [7, 11) is 0. The van der Waals surface area contributed by atoms with Crippen LogP contribution in [0.5, 0.6) is 0 Å². The van der Waals surface area contributed by atoms with Crippen LogP contribution in [0.15, 0.2) is 4.99 Å². The molecule has 0 fully saturated rings. The fraction of sp³-hybridized carbons (Fsp3) is 0.556. The largest absolute Gasteiger partial charge is 0.481 e. The molecule has 0 saturated carbocycles. The zero-order valence-electron chi connectivity index (χ0n) is 19.1. The Bertz CT molecular complexity index is 889. The molecule has 0 aliphatic heterocycles. The van der Waals surface area contributed by atoms with Crippen LogP contribution in [-0.4, -0.2) is 88.4 Å². The van der Waals surface area contributed by atoms with Crippen molar-refractivity contribution in [3.63, 3.8) is 0 Å². The van der Waals surface area contributed by atoms with Gasteiger partial charge in [0.05, 0.1) is 25.3 Å². The SMILES string of the molecule is NC(=O)CC(N)C(=O)NC(CC(N)=O)C(=O)NC(CC(=O)O)C(=O)NC(CCCN=C(N)N)C(=O)O. The summed E-state index contributed by atoms with van der Waals surface area (Å²) in [6.45, 7) is 0.0592. The quantitative estimate of drug-likeness (QED) is 0.0489. The third-order valence-electron chi connectivity index (χ3n) is 4.37. The van der Waals surface area contributed by atoms with Gasteiger partial charge in [-0.25, -0.2) is 4.79 Å². The molecule has 0 radical (unpaired) electrons. The van der Waals surface area contributed by atoms with E-state index in [1.165, 1.54) is 0 Å². The van der Waals surface area contributed by atoms with Crippen molar-refractivity contribution >= 4 is 47.4 Å². The standard InChI is InChI=1S/C18H31N9O9/c19-7(4-11(20)28)14(32)26-9(5-12(21)29)15(33)27-10(6-13(30)31)16(34)25-8(17(35)36)2-1-3-24-18(22)23/h7-10H,1-6,19H2,(H2,20,28)(H2,21,29)(H,25,34)(H,26,32)(H,27,33)(H,30,31)(H,35,36)(H4,22,23,24). The molecule has 0 aromatic heterocycles. The number of carboxylic acids is 2. The molecular formula is C18H31N9O9. The van der Waals surface area contributed by atoms with Crippen LogP contribution in [0.3, 0.4) is 0 Å². The van der Waals surface area contributed by atoms with Gasteiger partial charge < -0.3 is 54.8 Å². The summed E-state index contributed by atoms with van der Waals surface area (Å²) in [5, 5.41) is 24.6. The number of nitrogens with one attached hydrogen (secondary N) is 3. The Balaban J connectivity index is 5.52. The van der Waals surface area contributed by atoms with Crippen LogP contribution >= 0.6 is 0 Å². The van der Waals surface area contributed by atoms with E-state index in [0.29, 0.717) is 0 Å². The minimum absolute atomic E-state index is 0.0592. The normalized spacial score (nSPS) is 13.7. The van der Waals surface area contributed by atoms with Crippen molar-refractivity contribution in [2.24, 2.45) is 33.7 Å². The molecule has 0 saturated heterocycles. The van der Waals surface area contributed by atoms with Gasteiger partial charge in [0.25, 0.3) is 0 Å². The molecular weight excluding hydrogens is 486 g/mol. The lowest BCUT2D eigenvalue weighted by Gasteiger charge is -2.24. The minimum atomic E-state index is -1.80. The first-order chi connectivity index (χ1) is 16.6. The zero-order valence-corrected chi connectivity index (χ0v) is 19.1. The highest BCUT2D eigenvalue weighted by Gasteiger charge is 2.32. The number of carbonyl (C=O) groups is 7. The molecule has 202 valence electrons. The number of carbonyl (C=O) groups excluding carboxylic acids is 5. The van der Waals surface area contributed by atoms with Gasteiger partial charge in [0.1, 0.15) is 18.1 Å². The molecule has 0 aromatic rings. The second-order valence-corrected chi connectivity index (χ2v) is 7.52.